The molecule has 3 atom stereocenters. The molecule has 0 saturated heterocycles. The van der Waals surface area contributed by atoms with Crippen molar-refractivity contribution in [1.82, 2.24) is 0 Å². The molecule has 7 rings (SSSR count). The molecule has 304 valence electrons. The number of ether oxygens (including phenoxy) is 5. The zero-order chi connectivity index (χ0) is 42.2. The van der Waals surface area contributed by atoms with Crippen molar-refractivity contribution in [3.05, 3.63) is 129 Å². The van der Waals surface area contributed by atoms with Gasteiger partial charge in [-0.25, -0.2) is 19.2 Å². The predicted octanol–water partition coefficient (Wildman–Crippen LogP) is 7.10. The Labute approximate surface area is 378 Å². The van der Waals surface area contributed by atoms with Crippen molar-refractivity contribution < 1.29 is 53.1 Å². The molecule has 0 fully saturated rings. The molecule has 2 heterocycles. The van der Waals surface area contributed by atoms with Crippen LogP contribution in [0.2, 0.25) is 0 Å². The summed E-state index contributed by atoms with van der Waals surface area (Å²) in [5, 5.41) is 19.8. The van der Waals surface area contributed by atoms with E-state index in [9.17, 15) is 29.4 Å². The highest BCUT2D eigenvalue weighted by molar-refractivity contribution is 14.1. The van der Waals surface area contributed by atoms with Crippen LogP contribution in [-0.2, 0) is 26.3 Å². The molecule has 17 heteroatoms. The van der Waals surface area contributed by atoms with E-state index in [2.05, 4.69) is 45.2 Å². The maximum atomic E-state index is 13.6. The van der Waals surface area contributed by atoms with Crippen LogP contribution in [-0.4, -0.2) is 52.7 Å². The molecule has 5 aromatic rings. The van der Waals surface area contributed by atoms with Crippen molar-refractivity contribution in [2.45, 2.75) is 43.4 Å². The smallest absolute Gasteiger partial charge is 0.341 e. The third-order valence-corrected chi connectivity index (χ3v) is 12.1. The summed E-state index contributed by atoms with van der Waals surface area (Å²) in [6.07, 6.45) is 1.86. The van der Waals surface area contributed by atoms with E-state index < -0.39 is 41.6 Å². The minimum Gasteiger partial charge on any atom is -0.507 e. The van der Waals surface area contributed by atoms with Crippen molar-refractivity contribution >= 4 is 91.6 Å². The van der Waals surface area contributed by atoms with E-state index in [-0.39, 0.29) is 51.9 Å². The first-order valence-corrected chi connectivity index (χ1v) is 21.3. The number of carbonyl (C=O) groups excluding carboxylic acids is 3. The zero-order valence-electron chi connectivity index (χ0n) is 30.7. The van der Waals surface area contributed by atoms with Crippen LogP contribution in [0.4, 0.5) is 0 Å². The van der Waals surface area contributed by atoms with Crippen molar-refractivity contribution in [1.29, 1.82) is 0 Å². The number of carbonyl (C=O) groups is 4. The summed E-state index contributed by atoms with van der Waals surface area (Å²) < 4.78 is 32.1. The summed E-state index contributed by atoms with van der Waals surface area (Å²) in [4.78, 5) is 52.1. The Morgan fingerprint density at radius 3 is 1.95 bits per heavy atom. The van der Waals surface area contributed by atoms with Crippen molar-refractivity contribution in [2.24, 2.45) is 17.2 Å². The van der Waals surface area contributed by atoms with Gasteiger partial charge >= 0.3 is 23.9 Å². The molecule has 0 saturated carbocycles. The number of benzene rings is 5. The second-order valence-electron chi connectivity index (χ2n) is 13.7. The molecule has 5 aromatic carbocycles. The number of hydrogen-bond acceptors (Lipinski definition) is 13. The van der Waals surface area contributed by atoms with Crippen LogP contribution in [0.3, 0.4) is 0 Å². The first-order chi connectivity index (χ1) is 28.2. The van der Waals surface area contributed by atoms with Crippen LogP contribution in [0.1, 0.15) is 62.2 Å². The lowest BCUT2D eigenvalue weighted by Crippen LogP contribution is -2.36. The molecule has 2 aliphatic heterocycles. The van der Waals surface area contributed by atoms with E-state index >= 15 is 0 Å². The number of phenols is 1. The average molecular weight is 1140 g/mol. The third-order valence-electron chi connectivity index (χ3n) is 9.67. The van der Waals surface area contributed by atoms with Gasteiger partial charge in [0.2, 0.25) is 0 Å². The monoisotopic (exact) mass is 1140 g/mol. The molecule has 0 amide bonds. The molecular formula is C42H34I3N3O11. The lowest BCUT2D eigenvalue weighted by molar-refractivity contribution is -0.136. The van der Waals surface area contributed by atoms with Gasteiger partial charge in [0.25, 0.3) is 0 Å². The second-order valence-corrected chi connectivity index (χ2v) is 17.2. The summed E-state index contributed by atoms with van der Waals surface area (Å²) in [6.45, 7) is 0.469. The first kappa shape index (κ1) is 42.6. The summed E-state index contributed by atoms with van der Waals surface area (Å²) in [7, 11) is 0. The van der Waals surface area contributed by atoms with Gasteiger partial charge in [0.1, 0.15) is 46.6 Å². The summed E-state index contributed by atoms with van der Waals surface area (Å²) in [6, 6.07) is 20.1. The molecule has 8 N–H and O–H groups in total. The van der Waals surface area contributed by atoms with E-state index in [1.807, 2.05) is 34.7 Å². The number of aromatic hydroxyl groups is 1. The number of hydrogen-bond donors (Lipinski definition) is 5. The molecule has 14 nitrogen and oxygen atoms in total. The fourth-order valence-electron chi connectivity index (χ4n) is 6.88. The number of carboxylic acids is 1. The average Bonchev–Trinajstić information content (AvgIpc) is 3.49. The van der Waals surface area contributed by atoms with Gasteiger partial charge in [0.15, 0.2) is 11.4 Å². The van der Waals surface area contributed by atoms with Crippen LogP contribution < -0.4 is 36.1 Å². The number of rotatable bonds is 13. The molecule has 0 radical (unpaired) electrons. The Morgan fingerprint density at radius 1 is 0.746 bits per heavy atom. The highest BCUT2D eigenvalue weighted by atomic mass is 127. The van der Waals surface area contributed by atoms with Crippen LogP contribution in [0.5, 0.6) is 40.2 Å². The normalized spacial score (nSPS) is 15.9. The first-order valence-electron chi connectivity index (χ1n) is 18.1. The van der Waals surface area contributed by atoms with Gasteiger partial charge in [-0.1, -0.05) is 18.6 Å². The van der Waals surface area contributed by atoms with Gasteiger partial charge in [-0.15, -0.1) is 0 Å². The predicted molar refractivity (Wildman–Crippen MR) is 238 cm³/mol. The van der Waals surface area contributed by atoms with Gasteiger partial charge in [-0.2, -0.15) is 0 Å². The number of carboxylic acid groups (broad SMARTS) is 1. The highest BCUT2D eigenvalue weighted by Gasteiger charge is 2.55. The minimum atomic E-state index is -1.69. The number of fused-ring (bicyclic) bond motifs is 6. The van der Waals surface area contributed by atoms with Gasteiger partial charge in [0.05, 0.1) is 21.8 Å². The minimum absolute atomic E-state index is 0.0640. The Balaban J connectivity index is 1.16. The molecule has 1 unspecified atom stereocenters. The molecule has 59 heavy (non-hydrogen) atoms. The third kappa shape index (κ3) is 8.58. The number of esters is 3. The molecular weight excluding hydrogens is 1100 g/mol. The van der Waals surface area contributed by atoms with Gasteiger partial charge in [-0.05, 0) is 160 Å². The van der Waals surface area contributed by atoms with E-state index in [0.717, 1.165) is 12.7 Å². The van der Waals surface area contributed by atoms with E-state index in [0.29, 0.717) is 52.0 Å². The maximum absolute atomic E-state index is 13.6. The lowest BCUT2D eigenvalue weighted by Gasteiger charge is -2.36. The SMILES string of the molecule is NCCCC[C@H](N)C(=O)Oc1ccc2c(c1)Oc1cc(OC(=O)[C@@H](N)Cc3cc(I)c(Oc4ccc(O)c(I)c4)c(I)c3)ccc1C21OC(=O)c2c(C(=O)O)cccc21. The molecule has 2 aliphatic rings. The number of unbranched alkanes of at least 4 members (excludes halogenated alkanes) is 1. The molecule has 1 spiro atoms. The molecule has 0 aliphatic carbocycles. The molecule has 0 aromatic heterocycles. The Kier molecular flexibility index (Phi) is 12.7. The fraction of sp³-hybridized carbons (Fsp3) is 0.190. The summed E-state index contributed by atoms with van der Waals surface area (Å²) >= 11 is 6.31. The number of nitrogens with two attached hydrogens (primary N) is 3. The standard InChI is InChI=1S/C42H34I3N3O11/c43-28-17-21(9-12-33(28)49)55-37-29(44)14-20(15-30(37)45)16-32(48)40(53)57-23-8-11-26-35(19-23)58-34-18-22(56-39(52)31(47)6-1-2-13-46)7-10-25(34)42(26)27-5-3-4-24(38(50)51)36(27)41(54)59-42/h3-5,7-12,14-15,17-19,31-32,49H,1-2,6,13,16,46-48H2,(H,50,51)/t31-,32-,42?/m0/s1. The number of halogens is 3. The summed E-state index contributed by atoms with van der Waals surface area (Å²) in [5.74, 6) is -1.86. The lowest BCUT2D eigenvalue weighted by atomic mass is 9.77. The molecule has 0 bridgehead atoms. The van der Waals surface area contributed by atoms with E-state index in [1.54, 1.807) is 36.4 Å². The van der Waals surface area contributed by atoms with Crippen LogP contribution in [0.25, 0.3) is 0 Å². The Morgan fingerprint density at radius 2 is 1.36 bits per heavy atom. The summed E-state index contributed by atoms with van der Waals surface area (Å²) in [5.41, 5.74) is 17.6. The van der Waals surface area contributed by atoms with Crippen molar-refractivity contribution in [3.8, 4) is 40.2 Å². The number of aromatic carboxylic acids is 1. The quantitative estimate of drug-likeness (QED) is 0.0343. The highest BCUT2D eigenvalue weighted by Crippen LogP contribution is 2.57. The number of phenolic OH excluding ortho intramolecular Hbond substituents is 1. The van der Waals surface area contributed by atoms with E-state index in [4.69, 9.17) is 40.9 Å². The van der Waals surface area contributed by atoms with Gasteiger partial charge < -0.3 is 51.1 Å². The zero-order valence-corrected chi connectivity index (χ0v) is 37.2. The largest absolute Gasteiger partial charge is 0.507 e. The van der Waals surface area contributed by atoms with Gasteiger partial charge in [0, 0.05) is 28.8 Å². The van der Waals surface area contributed by atoms with Crippen LogP contribution >= 0.6 is 67.8 Å². The van der Waals surface area contributed by atoms with Crippen LogP contribution in [0, 0.1) is 10.7 Å². The second kappa shape index (κ2) is 17.6. The Bertz CT molecular complexity index is 2510. The maximum Gasteiger partial charge on any atom is 0.341 e. The topological polar surface area (TPSA) is 233 Å². The Hall–Kier alpha value is -4.55. The van der Waals surface area contributed by atoms with E-state index in [1.165, 1.54) is 36.4 Å². The van der Waals surface area contributed by atoms with Gasteiger partial charge in [-0.3, -0.25) is 0 Å². The van der Waals surface area contributed by atoms with Crippen molar-refractivity contribution in [2.75, 3.05) is 6.54 Å². The van der Waals surface area contributed by atoms with Crippen LogP contribution in [0.15, 0.2) is 84.9 Å². The van der Waals surface area contributed by atoms with Crippen molar-refractivity contribution in [3.63, 3.8) is 0 Å². The fourth-order valence-corrected chi connectivity index (χ4v) is 9.48.